The zero-order valence-corrected chi connectivity index (χ0v) is 12.3. The van der Waals surface area contributed by atoms with E-state index >= 15 is 0 Å². The first-order valence-corrected chi connectivity index (χ1v) is 8.33. The van der Waals surface area contributed by atoms with Gasteiger partial charge in [0.15, 0.2) is 0 Å². The zero-order valence-electron chi connectivity index (χ0n) is 9.93. The average Bonchev–Trinajstić information content (AvgIpc) is 2.70. The lowest BCUT2D eigenvalue weighted by atomic mass is 10.1. The zero-order chi connectivity index (χ0) is 13.3. The number of aldehydes is 1. The van der Waals surface area contributed by atoms with Gasteiger partial charge in [-0.2, -0.15) is 4.31 Å². The molecule has 0 radical (unpaired) electrons. The highest BCUT2D eigenvalue weighted by Gasteiger charge is 2.34. The van der Waals surface area contributed by atoms with E-state index in [1.54, 1.807) is 13.0 Å². The van der Waals surface area contributed by atoms with Crippen molar-refractivity contribution >= 4 is 39.2 Å². The standard InChI is InChI=1S/C11H14ClNO3S2/c1-8-6-10(17-11(8)12)18(15,16)13-5-3-2-4-9(13)7-14/h6-7,9H,2-5H2,1H3. The molecule has 4 nitrogen and oxygen atoms in total. The van der Waals surface area contributed by atoms with E-state index in [2.05, 4.69) is 0 Å². The summed E-state index contributed by atoms with van der Waals surface area (Å²) in [7, 11) is -3.59. The molecule has 0 spiro atoms. The number of aryl methyl sites for hydroxylation is 1. The fourth-order valence-corrected chi connectivity index (χ4v) is 5.51. The molecule has 0 aliphatic carbocycles. The van der Waals surface area contributed by atoms with E-state index in [9.17, 15) is 13.2 Å². The molecule has 100 valence electrons. The number of nitrogens with zero attached hydrogens (tertiary/aromatic N) is 1. The topological polar surface area (TPSA) is 54.5 Å². The summed E-state index contributed by atoms with van der Waals surface area (Å²) >= 11 is 6.96. The van der Waals surface area contributed by atoms with Gasteiger partial charge in [-0.3, -0.25) is 0 Å². The molecular weight excluding hydrogens is 294 g/mol. The van der Waals surface area contributed by atoms with Crippen molar-refractivity contribution in [3.8, 4) is 0 Å². The molecule has 2 heterocycles. The van der Waals surface area contributed by atoms with Gasteiger partial charge in [-0.1, -0.05) is 18.0 Å². The lowest BCUT2D eigenvalue weighted by molar-refractivity contribution is -0.111. The molecule has 1 aromatic rings. The van der Waals surface area contributed by atoms with Gasteiger partial charge in [0.2, 0.25) is 0 Å². The van der Waals surface area contributed by atoms with Crippen LogP contribution >= 0.6 is 22.9 Å². The Morgan fingerprint density at radius 1 is 1.50 bits per heavy atom. The fraction of sp³-hybridized carbons (Fsp3) is 0.545. The largest absolute Gasteiger partial charge is 0.302 e. The maximum absolute atomic E-state index is 12.4. The van der Waals surface area contributed by atoms with Gasteiger partial charge in [0.1, 0.15) is 10.5 Å². The predicted molar refractivity (Wildman–Crippen MR) is 71.7 cm³/mol. The van der Waals surface area contributed by atoms with Crippen LogP contribution < -0.4 is 0 Å². The van der Waals surface area contributed by atoms with Gasteiger partial charge in [-0.25, -0.2) is 8.42 Å². The Kier molecular flexibility index (Phi) is 4.11. The molecule has 0 amide bonds. The summed E-state index contributed by atoms with van der Waals surface area (Å²) in [5.74, 6) is 0. The highest BCUT2D eigenvalue weighted by molar-refractivity contribution is 7.91. The van der Waals surface area contributed by atoms with E-state index in [-0.39, 0.29) is 4.21 Å². The van der Waals surface area contributed by atoms with Crippen LogP contribution in [0.5, 0.6) is 0 Å². The SMILES string of the molecule is Cc1cc(S(=O)(=O)N2CCCCC2C=O)sc1Cl. The van der Waals surface area contributed by atoms with Crippen LogP contribution in [0, 0.1) is 6.92 Å². The van der Waals surface area contributed by atoms with Crippen LogP contribution in [-0.4, -0.2) is 31.6 Å². The van der Waals surface area contributed by atoms with E-state index in [0.29, 0.717) is 17.3 Å². The molecule has 0 N–H and O–H groups in total. The Morgan fingerprint density at radius 3 is 2.78 bits per heavy atom. The minimum absolute atomic E-state index is 0.221. The molecule has 1 aromatic heterocycles. The molecular formula is C11H14ClNO3S2. The Bertz CT molecular complexity index is 533. The van der Waals surface area contributed by atoms with Crippen molar-refractivity contribution in [3.63, 3.8) is 0 Å². The Labute approximate surface area is 116 Å². The smallest absolute Gasteiger partial charge is 0.253 e. The molecule has 0 aromatic carbocycles. The Morgan fingerprint density at radius 2 is 2.22 bits per heavy atom. The number of carbonyl (C=O) groups excluding carboxylic acids is 1. The highest BCUT2D eigenvalue weighted by Crippen LogP contribution is 2.33. The molecule has 7 heteroatoms. The second-order valence-corrected chi connectivity index (χ2v) is 8.11. The van der Waals surface area contributed by atoms with Crippen LogP contribution in [0.4, 0.5) is 0 Å². The Hall–Kier alpha value is -0.430. The number of halogens is 1. The van der Waals surface area contributed by atoms with E-state index in [4.69, 9.17) is 11.6 Å². The van der Waals surface area contributed by atoms with Crippen molar-refractivity contribution < 1.29 is 13.2 Å². The number of hydrogen-bond donors (Lipinski definition) is 0. The van der Waals surface area contributed by atoms with E-state index in [1.807, 2.05) is 0 Å². The third-order valence-corrected chi connectivity index (χ3v) is 6.98. The van der Waals surface area contributed by atoms with Crippen molar-refractivity contribution in [2.75, 3.05) is 6.54 Å². The number of hydrogen-bond acceptors (Lipinski definition) is 4. The third kappa shape index (κ3) is 2.47. The lowest BCUT2D eigenvalue weighted by Gasteiger charge is -2.30. The van der Waals surface area contributed by atoms with Gasteiger partial charge in [0.05, 0.1) is 10.4 Å². The molecule has 1 saturated heterocycles. The van der Waals surface area contributed by atoms with Crippen molar-refractivity contribution in [1.82, 2.24) is 4.31 Å². The summed E-state index contributed by atoms with van der Waals surface area (Å²) in [5.41, 5.74) is 0.750. The van der Waals surface area contributed by atoms with E-state index < -0.39 is 16.1 Å². The summed E-state index contributed by atoms with van der Waals surface area (Å²) in [4.78, 5) is 11.0. The van der Waals surface area contributed by atoms with Crippen LogP contribution in [0.2, 0.25) is 4.34 Å². The van der Waals surface area contributed by atoms with Crippen molar-refractivity contribution in [1.29, 1.82) is 0 Å². The highest BCUT2D eigenvalue weighted by atomic mass is 35.5. The first-order chi connectivity index (χ1) is 8.46. The van der Waals surface area contributed by atoms with Gasteiger partial charge in [0, 0.05) is 6.54 Å². The van der Waals surface area contributed by atoms with Crippen LogP contribution in [0.25, 0.3) is 0 Å². The van der Waals surface area contributed by atoms with Gasteiger partial charge in [-0.05, 0) is 31.4 Å². The molecule has 1 aliphatic heterocycles. The maximum atomic E-state index is 12.4. The molecule has 0 saturated carbocycles. The molecule has 1 fully saturated rings. The quantitative estimate of drug-likeness (QED) is 0.806. The predicted octanol–water partition coefficient (Wildman–Crippen LogP) is 2.45. The summed E-state index contributed by atoms with van der Waals surface area (Å²) in [5, 5.41) is 0. The van der Waals surface area contributed by atoms with Crippen LogP contribution in [0.1, 0.15) is 24.8 Å². The fourth-order valence-electron chi connectivity index (χ4n) is 2.04. The third-order valence-electron chi connectivity index (χ3n) is 3.05. The molecule has 2 rings (SSSR count). The first-order valence-electron chi connectivity index (χ1n) is 5.70. The number of carbonyl (C=O) groups is 1. The first kappa shape index (κ1) is 14.0. The lowest BCUT2D eigenvalue weighted by Crippen LogP contribution is -2.44. The maximum Gasteiger partial charge on any atom is 0.253 e. The van der Waals surface area contributed by atoms with Crippen LogP contribution in [0.15, 0.2) is 10.3 Å². The van der Waals surface area contributed by atoms with E-state index in [0.717, 1.165) is 36.0 Å². The second-order valence-electron chi connectivity index (χ2n) is 4.34. The van der Waals surface area contributed by atoms with Crippen molar-refractivity contribution in [2.45, 2.75) is 36.4 Å². The van der Waals surface area contributed by atoms with Gasteiger partial charge >= 0.3 is 0 Å². The van der Waals surface area contributed by atoms with E-state index in [1.165, 1.54) is 4.31 Å². The molecule has 1 atom stereocenters. The normalized spacial score (nSPS) is 22.0. The van der Waals surface area contributed by atoms with Gasteiger partial charge in [-0.15, -0.1) is 11.3 Å². The summed E-state index contributed by atoms with van der Waals surface area (Å²) in [6.07, 6.45) is 3.00. The molecule has 1 aliphatic rings. The number of rotatable bonds is 3. The van der Waals surface area contributed by atoms with Crippen molar-refractivity contribution in [3.05, 3.63) is 16.0 Å². The van der Waals surface area contributed by atoms with Crippen LogP contribution in [-0.2, 0) is 14.8 Å². The molecule has 1 unspecified atom stereocenters. The second kappa shape index (κ2) is 5.28. The van der Waals surface area contributed by atoms with Crippen LogP contribution in [0.3, 0.4) is 0 Å². The van der Waals surface area contributed by atoms with Gasteiger partial charge in [0.25, 0.3) is 10.0 Å². The summed E-state index contributed by atoms with van der Waals surface area (Å²) in [6, 6.07) is 1.03. The number of piperidine rings is 1. The van der Waals surface area contributed by atoms with Crippen molar-refractivity contribution in [2.24, 2.45) is 0 Å². The number of thiophene rings is 1. The summed E-state index contributed by atoms with van der Waals surface area (Å²) in [6.45, 7) is 2.17. The Balaban J connectivity index is 2.37. The monoisotopic (exact) mass is 307 g/mol. The molecule has 18 heavy (non-hydrogen) atoms. The summed E-state index contributed by atoms with van der Waals surface area (Å²) < 4.78 is 26.9. The number of sulfonamides is 1. The average molecular weight is 308 g/mol. The minimum Gasteiger partial charge on any atom is -0.302 e. The van der Waals surface area contributed by atoms with Gasteiger partial charge < -0.3 is 4.79 Å². The minimum atomic E-state index is -3.59. The molecule has 0 bridgehead atoms.